The number of aromatic nitrogens is 2. The Balaban J connectivity index is 1.66. The summed E-state index contributed by atoms with van der Waals surface area (Å²) in [5.74, 6) is 0.611. The Morgan fingerprint density at radius 2 is 1.91 bits per heavy atom. The van der Waals surface area contributed by atoms with E-state index in [4.69, 9.17) is 10.3 Å². The average Bonchev–Trinajstić information content (AvgIpc) is 2.85. The largest absolute Gasteiger partial charge is 0.573 e. The lowest BCUT2D eigenvalue weighted by Gasteiger charge is -2.34. The van der Waals surface area contributed by atoms with Crippen molar-refractivity contribution in [3.05, 3.63) is 41.5 Å². The third-order valence-electron chi connectivity index (χ3n) is 3.67. The second-order valence-corrected chi connectivity index (χ2v) is 5.39. The number of hydrogen-bond acceptors (Lipinski definition) is 5. The molecule has 0 atom stereocenters. The van der Waals surface area contributed by atoms with E-state index in [1.807, 2.05) is 0 Å². The van der Waals surface area contributed by atoms with Crippen molar-refractivity contribution in [2.75, 3.05) is 0 Å². The lowest BCUT2D eigenvalue weighted by molar-refractivity contribution is -0.274. The molecule has 5 nitrogen and oxygen atoms in total. The van der Waals surface area contributed by atoms with E-state index in [1.54, 1.807) is 0 Å². The Morgan fingerprint density at radius 3 is 2.45 bits per heavy atom. The predicted molar refractivity (Wildman–Crippen MR) is 69.9 cm³/mol. The summed E-state index contributed by atoms with van der Waals surface area (Å²) in [4.78, 5) is 4.27. The fraction of sp³-hybridized carbons (Fsp3) is 0.429. The molecule has 0 bridgehead atoms. The van der Waals surface area contributed by atoms with E-state index in [-0.39, 0.29) is 5.75 Å². The van der Waals surface area contributed by atoms with Gasteiger partial charge in [-0.15, -0.1) is 13.2 Å². The predicted octanol–water partition coefficient (Wildman–Crippen LogP) is 2.90. The summed E-state index contributed by atoms with van der Waals surface area (Å²) >= 11 is 0. The van der Waals surface area contributed by atoms with Crippen LogP contribution in [0.5, 0.6) is 5.75 Å². The van der Waals surface area contributed by atoms with Gasteiger partial charge in [-0.25, -0.2) is 0 Å². The topological polar surface area (TPSA) is 74.2 Å². The van der Waals surface area contributed by atoms with Crippen LogP contribution in [-0.4, -0.2) is 16.5 Å². The third kappa shape index (κ3) is 3.22. The molecule has 1 aromatic heterocycles. The molecule has 1 heterocycles. The van der Waals surface area contributed by atoms with Crippen molar-refractivity contribution in [3.63, 3.8) is 0 Å². The molecule has 0 unspecified atom stereocenters. The summed E-state index contributed by atoms with van der Waals surface area (Å²) in [5, 5.41) is 3.89. The number of rotatable bonds is 4. The second kappa shape index (κ2) is 5.28. The van der Waals surface area contributed by atoms with Crippen LogP contribution in [0.3, 0.4) is 0 Å². The fourth-order valence-corrected chi connectivity index (χ4v) is 2.29. The zero-order chi connectivity index (χ0) is 15.8. The van der Waals surface area contributed by atoms with Crippen LogP contribution in [0.2, 0.25) is 0 Å². The van der Waals surface area contributed by atoms with Crippen LogP contribution in [0.15, 0.2) is 28.8 Å². The standard InChI is InChI=1S/C14H14F3N3O2/c15-14(16,17)21-10-4-2-9(3-5-10)8-11-19-12(20-22-11)13(18)6-1-7-13/h2-5H,1,6-8,18H2. The summed E-state index contributed by atoms with van der Waals surface area (Å²) in [7, 11) is 0. The molecule has 8 heteroatoms. The Morgan fingerprint density at radius 1 is 1.23 bits per heavy atom. The Kier molecular flexibility index (Phi) is 3.56. The van der Waals surface area contributed by atoms with Gasteiger partial charge in [0.1, 0.15) is 5.75 Å². The van der Waals surface area contributed by atoms with Crippen LogP contribution in [0.25, 0.3) is 0 Å². The first-order valence-electron chi connectivity index (χ1n) is 6.81. The van der Waals surface area contributed by atoms with Crippen LogP contribution in [0.4, 0.5) is 13.2 Å². The first-order valence-corrected chi connectivity index (χ1v) is 6.81. The Bertz CT molecular complexity index is 648. The van der Waals surface area contributed by atoms with Gasteiger partial charge in [-0.05, 0) is 37.0 Å². The summed E-state index contributed by atoms with van der Waals surface area (Å²) in [6.45, 7) is 0. The molecule has 1 aliphatic rings. The Hall–Kier alpha value is -2.09. The van der Waals surface area contributed by atoms with E-state index in [9.17, 15) is 13.2 Å². The lowest BCUT2D eigenvalue weighted by Crippen LogP contribution is -2.44. The zero-order valence-corrected chi connectivity index (χ0v) is 11.6. The van der Waals surface area contributed by atoms with E-state index in [0.29, 0.717) is 18.1 Å². The first kappa shape index (κ1) is 14.8. The van der Waals surface area contributed by atoms with Crippen molar-refractivity contribution in [2.45, 2.75) is 37.6 Å². The van der Waals surface area contributed by atoms with Gasteiger partial charge >= 0.3 is 6.36 Å². The van der Waals surface area contributed by atoms with E-state index < -0.39 is 11.9 Å². The van der Waals surface area contributed by atoms with Gasteiger partial charge in [0.15, 0.2) is 5.82 Å². The first-order chi connectivity index (χ1) is 10.3. The van der Waals surface area contributed by atoms with Crippen LogP contribution in [-0.2, 0) is 12.0 Å². The maximum Gasteiger partial charge on any atom is 0.573 e. The number of nitrogens with zero attached hydrogens (tertiary/aromatic N) is 2. The van der Waals surface area contributed by atoms with Crippen molar-refractivity contribution in [1.29, 1.82) is 0 Å². The van der Waals surface area contributed by atoms with Gasteiger partial charge < -0.3 is 15.0 Å². The molecule has 1 aromatic carbocycles. The highest BCUT2D eigenvalue weighted by molar-refractivity contribution is 5.29. The van der Waals surface area contributed by atoms with E-state index in [0.717, 1.165) is 24.8 Å². The Labute approximate surface area is 124 Å². The summed E-state index contributed by atoms with van der Waals surface area (Å²) in [6.07, 6.45) is -1.66. The molecule has 0 saturated heterocycles. The number of halogens is 3. The van der Waals surface area contributed by atoms with Crippen LogP contribution in [0, 0.1) is 0 Å². The number of alkyl halides is 3. The lowest BCUT2D eigenvalue weighted by atomic mass is 9.77. The van der Waals surface area contributed by atoms with E-state index in [1.165, 1.54) is 24.3 Å². The maximum atomic E-state index is 12.1. The molecule has 22 heavy (non-hydrogen) atoms. The molecule has 3 rings (SSSR count). The third-order valence-corrected chi connectivity index (χ3v) is 3.67. The molecular weight excluding hydrogens is 299 g/mol. The van der Waals surface area contributed by atoms with Gasteiger partial charge in [-0.3, -0.25) is 0 Å². The minimum absolute atomic E-state index is 0.266. The van der Waals surface area contributed by atoms with Crippen LogP contribution >= 0.6 is 0 Å². The van der Waals surface area contributed by atoms with Gasteiger partial charge in [0, 0.05) is 0 Å². The van der Waals surface area contributed by atoms with Crippen molar-refractivity contribution in [3.8, 4) is 5.75 Å². The average molecular weight is 313 g/mol. The molecular formula is C14H14F3N3O2. The van der Waals surface area contributed by atoms with Gasteiger partial charge in [0.05, 0.1) is 12.0 Å². The molecule has 2 N–H and O–H groups in total. The minimum Gasteiger partial charge on any atom is -0.406 e. The molecule has 0 spiro atoms. The molecule has 118 valence electrons. The maximum absolute atomic E-state index is 12.1. The number of nitrogens with two attached hydrogens (primary N) is 1. The summed E-state index contributed by atoms with van der Waals surface area (Å²) in [6, 6.07) is 5.53. The number of benzene rings is 1. The highest BCUT2D eigenvalue weighted by Crippen LogP contribution is 2.37. The number of hydrogen-bond donors (Lipinski definition) is 1. The normalized spacial score (nSPS) is 17.1. The zero-order valence-electron chi connectivity index (χ0n) is 11.6. The van der Waals surface area contributed by atoms with E-state index >= 15 is 0 Å². The smallest absolute Gasteiger partial charge is 0.406 e. The molecule has 2 aromatic rings. The van der Waals surface area contributed by atoms with Gasteiger partial charge in [0.2, 0.25) is 5.89 Å². The van der Waals surface area contributed by atoms with Crippen molar-refractivity contribution < 1.29 is 22.4 Å². The summed E-state index contributed by atoms with van der Waals surface area (Å²) in [5.41, 5.74) is 6.35. The second-order valence-electron chi connectivity index (χ2n) is 5.39. The fourth-order valence-electron chi connectivity index (χ4n) is 2.29. The molecule has 0 radical (unpaired) electrons. The molecule has 0 amide bonds. The number of ether oxygens (including phenoxy) is 1. The van der Waals surface area contributed by atoms with E-state index in [2.05, 4.69) is 14.9 Å². The van der Waals surface area contributed by atoms with Gasteiger partial charge in [0.25, 0.3) is 0 Å². The van der Waals surface area contributed by atoms with Gasteiger partial charge in [-0.1, -0.05) is 17.3 Å². The molecule has 1 aliphatic carbocycles. The van der Waals surface area contributed by atoms with Gasteiger partial charge in [-0.2, -0.15) is 4.98 Å². The highest BCUT2D eigenvalue weighted by atomic mass is 19.4. The molecule has 1 fully saturated rings. The minimum atomic E-state index is -4.69. The SMILES string of the molecule is NC1(c2noc(Cc3ccc(OC(F)(F)F)cc3)n2)CCC1. The van der Waals surface area contributed by atoms with Crippen molar-refractivity contribution in [1.82, 2.24) is 10.1 Å². The van der Waals surface area contributed by atoms with Crippen LogP contribution in [0.1, 0.15) is 36.5 Å². The van der Waals surface area contributed by atoms with Crippen LogP contribution < -0.4 is 10.5 Å². The van der Waals surface area contributed by atoms with Crippen molar-refractivity contribution >= 4 is 0 Å². The molecule has 0 aliphatic heterocycles. The summed E-state index contributed by atoms with van der Waals surface area (Å²) < 4.78 is 45.2. The highest BCUT2D eigenvalue weighted by Gasteiger charge is 2.39. The molecule has 1 saturated carbocycles. The van der Waals surface area contributed by atoms with Crippen molar-refractivity contribution in [2.24, 2.45) is 5.73 Å². The monoisotopic (exact) mass is 313 g/mol. The quantitative estimate of drug-likeness (QED) is 0.939.